The van der Waals surface area contributed by atoms with Gasteiger partial charge in [-0.25, -0.2) is 14.8 Å². The number of aryl methyl sites for hydroxylation is 1. The van der Waals surface area contributed by atoms with Gasteiger partial charge in [-0.05, 0) is 6.92 Å². The van der Waals surface area contributed by atoms with E-state index in [1.807, 2.05) is 13.8 Å². The molecule has 2 heterocycles. The topological polar surface area (TPSA) is 110 Å². The zero-order valence-corrected chi connectivity index (χ0v) is 15.8. The smallest absolute Gasteiger partial charge is 0.350 e. The highest BCUT2D eigenvalue weighted by Crippen LogP contribution is 2.24. The molecule has 2 N–H and O–H groups in total. The van der Waals surface area contributed by atoms with Crippen molar-refractivity contribution in [2.24, 2.45) is 0 Å². The second kappa shape index (κ2) is 8.77. The number of esters is 1. The van der Waals surface area contributed by atoms with Gasteiger partial charge >= 0.3 is 5.97 Å². The molecule has 0 radical (unpaired) electrons. The van der Waals surface area contributed by atoms with Crippen LogP contribution < -0.4 is 5.32 Å². The lowest BCUT2D eigenvalue weighted by molar-refractivity contribution is -0.113. The summed E-state index contributed by atoms with van der Waals surface area (Å²) >= 11 is 2.30. The quantitative estimate of drug-likeness (QED) is 0.411. The Labute approximate surface area is 153 Å². The van der Waals surface area contributed by atoms with Crippen LogP contribution >= 0.6 is 23.1 Å². The van der Waals surface area contributed by atoms with Gasteiger partial charge in [0, 0.05) is 5.92 Å². The standard InChI is InChI=1S/C15H19N5O3S2/c1-5-6-23-13(22)11-9(4)16-14(25-11)17-10(21)7-24-15-18-12(8(2)3)19-20-15/h5,8H,1,6-7H2,2-4H3,(H,16,17,21)(H,18,19,20). The van der Waals surface area contributed by atoms with E-state index < -0.39 is 5.97 Å². The molecule has 0 aliphatic heterocycles. The molecule has 2 aromatic rings. The van der Waals surface area contributed by atoms with E-state index in [4.69, 9.17) is 4.74 Å². The van der Waals surface area contributed by atoms with Crippen LogP contribution in [0.2, 0.25) is 0 Å². The molecule has 0 spiro atoms. The molecule has 0 aromatic carbocycles. The molecular formula is C15H19N5O3S2. The zero-order chi connectivity index (χ0) is 18.4. The number of rotatable bonds is 8. The molecule has 2 rings (SSSR count). The van der Waals surface area contributed by atoms with E-state index in [0.717, 1.165) is 17.2 Å². The number of carbonyl (C=O) groups is 2. The number of hydrogen-bond donors (Lipinski definition) is 2. The maximum atomic E-state index is 12.0. The number of amides is 1. The van der Waals surface area contributed by atoms with Gasteiger partial charge in [0.25, 0.3) is 0 Å². The highest BCUT2D eigenvalue weighted by atomic mass is 32.2. The summed E-state index contributed by atoms with van der Waals surface area (Å²) in [4.78, 5) is 32.7. The molecule has 1 amide bonds. The van der Waals surface area contributed by atoms with Crippen LogP contribution in [0.4, 0.5) is 5.13 Å². The summed E-state index contributed by atoms with van der Waals surface area (Å²) in [5.74, 6) is 0.436. The Hall–Kier alpha value is -2.20. The number of nitrogens with zero attached hydrogens (tertiary/aromatic N) is 3. The number of anilines is 1. The van der Waals surface area contributed by atoms with Crippen molar-refractivity contribution in [3.63, 3.8) is 0 Å². The first-order valence-electron chi connectivity index (χ1n) is 7.51. The zero-order valence-electron chi connectivity index (χ0n) is 14.2. The summed E-state index contributed by atoms with van der Waals surface area (Å²) in [6.07, 6.45) is 1.49. The van der Waals surface area contributed by atoms with Gasteiger partial charge < -0.3 is 10.1 Å². The Bertz CT molecular complexity index is 769. The van der Waals surface area contributed by atoms with Crippen LogP contribution in [-0.4, -0.2) is 44.4 Å². The molecule has 0 unspecified atom stereocenters. The lowest BCUT2D eigenvalue weighted by Crippen LogP contribution is -2.13. The molecule has 0 bridgehead atoms. The predicted octanol–water partition coefficient (Wildman–Crippen LogP) is 2.77. The summed E-state index contributed by atoms with van der Waals surface area (Å²) in [5.41, 5.74) is 0.512. The summed E-state index contributed by atoms with van der Waals surface area (Å²) in [6, 6.07) is 0. The van der Waals surface area contributed by atoms with Crippen molar-refractivity contribution in [1.82, 2.24) is 20.2 Å². The summed E-state index contributed by atoms with van der Waals surface area (Å²) < 4.78 is 4.98. The minimum absolute atomic E-state index is 0.129. The number of thioether (sulfide) groups is 1. The normalized spacial score (nSPS) is 10.7. The molecule has 0 aliphatic carbocycles. The van der Waals surface area contributed by atoms with E-state index in [9.17, 15) is 9.59 Å². The lowest BCUT2D eigenvalue weighted by atomic mass is 10.2. The Morgan fingerprint density at radius 3 is 2.84 bits per heavy atom. The molecule has 10 heteroatoms. The van der Waals surface area contributed by atoms with Crippen molar-refractivity contribution in [3.05, 3.63) is 29.1 Å². The van der Waals surface area contributed by atoms with Gasteiger partial charge in [-0.3, -0.25) is 9.89 Å². The van der Waals surface area contributed by atoms with Crippen molar-refractivity contribution in [1.29, 1.82) is 0 Å². The highest BCUT2D eigenvalue weighted by Gasteiger charge is 2.18. The van der Waals surface area contributed by atoms with Gasteiger partial charge in [-0.1, -0.05) is 49.6 Å². The van der Waals surface area contributed by atoms with Crippen LogP contribution in [0.3, 0.4) is 0 Å². The van der Waals surface area contributed by atoms with E-state index in [-0.39, 0.29) is 24.2 Å². The van der Waals surface area contributed by atoms with Crippen LogP contribution in [0.5, 0.6) is 0 Å². The maximum absolute atomic E-state index is 12.0. The SMILES string of the molecule is C=CCOC(=O)c1sc(NC(=O)CSc2n[nH]c(C(C)C)n2)nc1C. The third kappa shape index (κ3) is 5.40. The minimum atomic E-state index is -0.480. The molecule has 0 fully saturated rings. The van der Waals surface area contributed by atoms with E-state index in [2.05, 4.69) is 32.1 Å². The van der Waals surface area contributed by atoms with Gasteiger partial charge in [-0.15, -0.1) is 5.10 Å². The second-order valence-corrected chi connectivity index (χ2v) is 7.26. The minimum Gasteiger partial charge on any atom is -0.457 e. The van der Waals surface area contributed by atoms with Gasteiger partial charge in [0.05, 0.1) is 11.4 Å². The fourth-order valence-corrected chi connectivity index (χ4v) is 3.19. The predicted molar refractivity (Wildman–Crippen MR) is 97.2 cm³/mol. The van der Waals surface area contributed by atoms with Crippen LogP contribution in [-0.2, 0) is 9.53 Å². The van der Waals surface area contributed by atoms with E-state index in [1.54, 1.807) is 6.92 Å². The fourth-order valence-electron chi connectivity index (χ4n) is 1.71. The van der Waals surface area contributed by atoms with E-state index in [1.165, 1.54) is 17.8 Å². The van der Waals surface area contributed by atoms with Crippen LogP contribution in [0.15, 0.2) is 17.8 Å². The van der Waals surface area contributed by atoms with Gasteiger partial charge in [-0.2, -0.15) is 0 Å². The fraction of sp³-hybridized carbons (Fsp3) is 0.400. The van der Waals surface area contributed by atoms with Crippen molar-refractivity contribution in [2.45, 2.75) is 31.8 Å². The second-order valence-electron chi connectivity index (χ2n) is 5.32. The molecule has 134 valence electrons. The number of aromatic amines is 1. The molecule has 25 heavy (non-hydrogen) atoms. The monoisotopic (exact) mass is 381 g/mol. The molecule has 0 saturated heterocycles. The average Bonchev–Trinajstić information content (AvgIpc) is 3.17. The number of carbonyl (C=O) groups excluding carboxylic acids is 2. The molecular weight excluding hydrogens is 362 g/mol. The largest absolute Gasteiger partial charge is 0.457 e. The molecule has 0 aliphatic rings. The number of aromatic nitrogens is 4. The van der Waals surface area contributed by atoms with E-state index >= 15 is 0 Å². The number of nitrogens with one attached hydrogen (secondary N) is 2. The first kappa shape index (κ1) is 19.1. The molecule has 8 nitrogen and oxygen atoms in total. The number of thiazole rings is 1. The van der Waals surface area contributed by atoms with E-state index in [0.29, 0.717) is 20.9 Å². The van der Waals surface area contributed by atoms with Crippen molar-refractivity contribution < 1.29 is 14.3 Å². The molecule has 0 atom stereocenters. The highest BCUT2D eigenvalue weighted by molar-refractivity contribution is 7.99. The Morgan fingerprint density at radius 1 is 1.44 bits per heavy atom. The third-order valence-corrected chi connectivity index (χ3v) is 4.82. The number of hydrogen-bond acceptors (Lipinski definition) is 8. The Morgan fingerprint density at radius 2 is 2.20 bits per heavy atom. The third-order valence-electron chi connectivity index (χ3n) is 2.92. The van der Waals surface area contributed by atoms with Gasteiger partial charge in [0.2, 0.25) is 11.1 Å². The first-order valence-corrected chi connectivity index (χ1v) is 9.31. The number of ether oxygens (including phenoxy) is 1. The summed E-state index contributed by atoms with van der Waals surface area (Å²) in [5, 5.41) is 10.4. The summed E-state index contributed by atoms with van der Waals surface area (Å²) in [6.45, 7) is 9.31. The average molecular weight is 381 g/mol. The van der Waals surface area contributed by atoms with Gasteiger partial charge in [0.15, 0.2) is 5.13 Å². The van der Waals surface area contributed by atoms with Gasteiger partial charge in [0.1, 0.15) is 17.3 Å². The number of H-pyrrole nitrogens is 1. The Balaban J connectivity index is 1.89. The molecule has 0 saturated carbocycles. The van der Waals surface area contributed by atoms with Crippen molar-refractivity contribution in [3.8, 4) is 0 Å². The van der Waals surface area contributed by atoms with Crippen LogP contribution in [0, 0.1) is 6.92 Å². The first-order chi connectivity index (χ1) is 11.9. The maximum Gasteiger partial charge on any atom is 0.350 e. The van der Waals surface area contributed by atoms with Crippen molar-refractivity contribution >= 4 is 40.1 Å². The van der Waals surface area contributed by atoms with Crippen LogP contribution in [0.1, 0.15) is 41.0 Å². The van der Waals surface area contributed by atoms with Crippen molar-refractivity contribution in [2.75, 3.05) is 17.7 Å². The lowest BCUT2D eigenvalue weighted by Gasteiger charge is -1.99. The summed E-state index contributed by atoms with van der Waals surface area (Å²) in [7, 11) is 0. The van der Waals surface area contributed by atoms with Crippen LogP contribution in [0.25, 0.3) is 0 Å². The molecule has 2 aromatic heterocycles. The Kier molecular flexibility index (Phi) is 6.71.